The van der Waals surface area contributed by atoms with E-state index in [-0.39, 0.29) is 29.6 Å². The van der Waals surface area contributed by atoms with Crippen LogP contribution in [-0.2, 0) is 4.79 Å². The molecule has 7 nitrogen and oxygen atoms in total. The van der Waals surface area contributed by atoms with E-state index in [1.54, 1.807) is 6.92 Å². The molecule has 2 unspecified atom stereocenters. The average molecular weight is 251 g/mol. The van der Waals surface area contributed by atoms with Crippen molar-refractivity contribution < 1.29 is 14.7 Å². The number of carboxylic acids is 1. The number of likely N-dealkylation sites (tertiary alicyclic amines) is 1. The predicted molar refractivity (Wildman–Crippen MR) is 61.1 cm³/mol. The third-order valence-electron chi connectivity index (χ3n) is 3.11. The number of rotatable bonds is 2. The van der Waals surface area contributed by atoms with Crippen LogP contribution >= 0.6 is 0 Å². The molecule has 1 saturated heterocycles. The van der Waals surface area contributed by atoms with E-state index in [1.807, 2.05) is 0 Å². The summed E-state index contributed by atoms with van der Waals surface area (Å²) < 4.78 is 0. The van der Waals surface area contributed by atoms with Crippen LogP contribution in [0.25, 0.3) is 0 Å². The van der Waals surface area contributed by atoms with E-state index >= 15 is 0 Å². The molecule has 1 fully saturated rings. The molecule has 1 aromatic heterocycles. The zero-order chi connectivity index (χ0) is 13.3. The van der Waals surface area contributed by atoms with Crippen molar-refractivity contribution in [3.63, 3.8) is 0 Å². The molecule has 1 aliphatic heterocycles. The number of H-pyrrole nitrogens is 1. The van der Waals surface area contributed by atoms with E-state index < -0.39 is 11.9 Å². The first kappa shape index (κ1) is 12.3. The van der Waals surface area contributed by atoms with Crippen LogP contribution in [0.5, 0.6) is 0 Å². The summed E-state index contributed by atoms with van der Waals surface area (Å²) >= 11 is 0. The molecule has 2 N–H and O–H groups in total. The molecule has 18 heavy (non-hydrogen) atoms. The quantitative estimate of drug-likeness (QED) is 0.741. The van der Waals surface area contributed by atoms with Crippen molar-refractivity contribution in [1.29, 1.82) is 0 Å². The third kappa shape index (κ3) is 2.24. The topological polar surface area (TPSA) is 103 Å². The van der Waals surface area contributed by atoms with Crippen molar-refractivity contribution >= 4 is 11.9 Å². The van der Waals surface area contributed by atoms with Crippen molar-refractivity contribution in [3.05, 3.63) is 28.2 Å². The molecule has 2 rings (SSSR count). The third-order valence-corrected chi connectivity index (χ3v) is 3.11. The Bertz CT molecular complexity index is 519. The highest BCUT2D eigenvalue weighted by molar-refractivity contribution is 5.92. The highest BCUT2D eigenvalue weighted by atomic mass is 16.4. The number of amides is 1. The lowest BCUT2D eigenvalue weighted by atomic mass is 9.99. The van der Waals surface area contributed by atoms with Gasteiger partial charge in [0, 0.05) is 19.2 Å². The second-order valence-electron chi connectivity index (χ2n) is 4.44. The van der Waals surface area contributed by atoms with E-state index in [2.05, 4.69) is 10.2 Å². The van der Waals surface area contributed by atoms with Crippen molar-refractivity contribution in [2.45, 2.75) is 6.92 Å². The second kappa shape index (κ2) is 4.59. The van der Waals surface area contributed by atoms with Gasteiger partial charge in [0.1, 0.15) is 5.69 Å². The number of carbonyl (C=O) groups excluding carboxylic acids is 1. The van der Waals surface area contributed by atoms with Crippen molar-refractivity contribution in [2.75, 3.05) is 13.1 Å². The minimum Gasteiger partial charge on any atom is -0.481 e. The minimum absolute atomic E-state index is 0.0887. The summed E-state index contributed by atoms with van der Waals surface area (Å²) in [5.41, 5.74) is -0.266. The molecular weight excluding hydrogens is 238 g/mol. The van der Waals surface area contributed by atoms with Gasteiger partial charge < -0.3 is 10.0 Å². The number of nitrogens with zero attached hydrogens (tertiary/aromatic N) is 2. The fourth-order valence-corrected chi connectivity index (χ4v) is 2.08. The SMILES string of the molecule is CC1CN(C(=O)c2ccc(=O)[nH]n2)CC1C(=O)O. The summed E-state index contributed by atoms with van der Waals surface area (Å²) in [7, 11) is 0. The van der Waals surface area contributed by atoms with Crippen LogP contribution in [0, 0.1) is 11.8 Å². The van der Waals surface area contributed by atoms with Crippen LogP contribution < -0.4 is 5.56 Å². The standard InChI is InChI=1S/C11H13N3O4/c1-6-4-14(5-7(6)11(17)18)10(16)8-2-3-9(15)13-12-8/h2-3,6-7H,4-5H2,1H3,(H,13,15)(H,17,18). The summed E-state index contributed by atoms with van der Waals surface area (Å²) in [5.74, 6) is -1.89. The normalized spacial score (nSPS) is 23.1. The number of aliphatic carboxylic acids is 1. The van der Waals surface area contributed by atoms with Crippen LogP contribution in [0.1, 0.15) is 17.4 Å². The number of hydrogen-bond acceptors (Lipinski definition) is 4. The van der Waals surface area contributed by atoms with Crippen LogP contribution in [0.2, 0.25) is 0 Å². The van der Waals surface area contributed by atoms with Crippen LogP contribution in [0.3, 0.4) is 0 Å². The number of carboxylic acid groups (broad SMARTS) is 1. The first-order valence-electron chi connectivity index (χ1n) is 5.57. The van der Waals surface area contributed by atoms with E-state index in [9.17, 15) is 14.4 Å². The first-order valence-corrected chi connectivity index (χ1v) is 5.57. The number of carbonyl (C=O) groups is 2. The molecule has 0 spiro atoms. The Kier molecular flexibility index (Phi) is 3.14. The van der Waals surface area contributed by atoms with Gasteiger partial charge in [-0.15, -0.1) is 0 Å². The van der Waals surface area contributed by atoms with Crippen LogP contribution in [0.4, 0.5) is 0 Å². The summed E-state index contributed by atoms with van der Waals surface area (Å²) in [6.45, 7) is 2.36. The highest BCUT2D eigenvalue weighted by Gasteiger charge is 2.37. The van der Waals surface area contributed by atoms with Crippen LogP contribution in [0.15, 0.2) is 16.9 Å². The molecule has 2 atom stereocenters. The molecule has 1 aromatic rings. The summed E-state index contributed by atoms with van der Waals surface area (Å²) in [6.07, 6.45) is 0. The van der Waals surface area contributed by atoms with Gasteiger partial charge in [-0.25, -0.2) is 5.10 Å². The molecule has 2 heterocycles. The summed E-state index contributed by atoms with van der Waals surface area (Å²) in [6, 6.07) is 2.55. The first-order chi connectivity index (χ1) is 8.49. The van der Waals surface area contributed by atoms with Crippen molar-refractivity contribution in [3.8, 4) is 0 Å². The largest absolute Gasteiger partial charge is 0.481 e. The lowest BCUT2D eigenvalue weighted by Gasteiger charge is -2.14. The number of hydrogen-bond donors (Lipinski definition) is 2. The average Bonchev–Trinajstić information content (AvgIpc) is 2.71. The molecule has 96 valence electrons. The summed E-state index contributed by atoms with van der Waals surface area (Å²) in [4.78, 5) is 35.3. The lowest BCUT2D eigenvalue weighted by molar-refractivity contribution is -0.142. The Morgan fingerprint density at radius 3 is 2.67 bits per heavy atom. The van der Waals surface area contributed by atoms with Gasteiger partial charge in [0.2, 0.25) is 0 Å². The number of nitrogens with one attached hydrogen (secondary N) is 1. The monoisotopic (exact) mass is 251 g/mol. The zero-order valence-electron chi connectivity index (χ0n) is 9.79. The Balaban J connectivity index is 2.14. The van der Waals surface area contributed by atoms with E-state index in [0.29, 0.717) is 6.54 Å². The number of aromatic nitrogens is 2. The lowest BCUT2D eigenvalue weighted by Crippen LogP contribution is -2.31. The molecule has 0 aliphatic carbocycles. The van der Waals surface area contributed by atoms with E-state index in [0.717, 1.165) is 0 Å². The van der Waals surface area contributed by atoms with Crippen molar-refractivity contribution in [1.82, 2.24) is 15.1 Å². The fourth-order valence-electron chi connectivity index (χ4n) is 2.08. The maximum atomic E-state index is 12.0. The van der Waals surface area contributed by atoms with Gasteiger partial charge in [0.25, 0.3) is 11.5 Å². The molecule has 1 aliphatic rings. The predicted octanol–water partition coefficient (Wildman–Crippen LogP) is -0.437. The molecule has 0 aromatic carbocycles. The summed E-state index contributed by atoms with van der Waals surface area (Å²) in [5, 5.41) is 14.8. The van der Waals surface area contributed by atoms with Gasteiger partial charge >= 0.3 is 5.97 Å². The molecule has 0 saturated carbocycles. The molecule has 0 radical (unpaired) electrons. The molecule has 7 heteroatoms. The Morgan fingerprint density at radius 2 is 2.17 bits per heavy atom. The van der Waals surface area contributed by atoms with Gasteiger partial charge in [-0.2, -0.15) is 5.10 Å². The van der Waals surface area contributed by atoms with Crippen molar-refractivity contribution in [2.24, 2.45) is 11.8 Å². The van der Waals surface area contributed by atoms with Gasteiger partial charge in [-0.1, -0.05) is 6.92 Å². The van der Waals surface area contributed by atoms with Crippen LogP contribution in [-0.4, -0.2) is 45.2 Å². The second-order valence-corrected chi connectivity index (χ2v) is 4.44. The van der Waals surface area contributed by atoms with Gasteiger partial charge in [-0.3, -0.25) is 14.4 Å². The Labute approximate surface area is 102 Å². The molecule has 1 amide bonds. The van der Waals surface area contributed by atoms with E-state index in [1.165, 1.54) is 17.0 Å². The van der Waals surface area contributed by atoms with Gasteiger partial charge in [-0.05, 0) is 12.0 Å². The Hall–Kier alpha value is -2.18. The zero-order valence-corrected chi connectivity index (χ0v) is 9.79. The number of aromatic amines is 1. The minimum atomic E-state index is -0.896. The highest BCUT2D eigenvalue weighted by Crippen LogP contribution is 2.24. The van der Waals surface area contributed by atoms with Gasteiger partial charge in [0.15, 0.2) is 0 Å². The fraction of sp³-hybridized carbons (Fsp3) is 0.455. The Morgan fingerprint density at radius 1 is 1.44 bits per heavy atom. The molecular formula is C11H13N3O4. The maximum absolute atomic E-state index is 12.0. The van der Waals surface area contributed by atoms with Gasteiger partial charge in [0.05, 0.1) is 5.92 Å². The molecule has 0 bridgehead atoms. The maximum Gasteiger partial charge on any atom is 0.308 e. The van der Waals surface area contributed by atoms with E-state index in [4.69, 9.17) is 5.11 Å². The smallest absolute Gasteiger partial charge is 0.308 e.